The summed E-state index contributed by atoms with van der Waals surface area (Å²) in [6, 6.07) is 2.02. The second kappa shape index (κ2) is 7.50. The maximum absolute atomic E-state index is 9.29. The Morgan fingerprint density at radius 2 is 2.24 bits per heavy atom. The minimum Gasteiger partial charge on any atom is -0.394 e. The fraction of sp³-hybridized carbons (Fsp3) is 0.667. The van der Waals surface area contributed by atoms with Crippen molar-refractivity contribution in [2.24, 2.45) is 0 Å². The Morgan fingerprint density at radius 3 is 2.82 bits per heavy atom. The average molecular weight is 255 g/mol. The third-order valence-corrected chi connectivity index (χ3v) is 3.14. The monoisotopic (exact) mass is 255 g/mol. The Hall–Kier alpha value is -0.810. The molecular formula is C12H21N3OS. The normalized spacial score (nSPS) is 12.5. The van der Waals surface area contributed by atoms with Gasteiger partial charge >= 0.3 is 0 Å². The summed E-state index contributed by atoms with van der Waals surface area (Å²) in [5, 5.41) is 12.6. The SMILES string of the molecule is CCc1cc(NC(CO)CCSC)nc(C)n1. The van der Waals surface area contributed by atoms with Crippen molar-refractivity contribution in [3.63, 3.8) is 0 Å². The van der Waals surface area contributed by atoms with E-state index in [1.54, 1.807) is 11.8 Å². The predicted octanol–water partition coefficient (Wildman–Crippen LogP) is 1.87. The summed E-state index contributed by atoms with van der Waals surface area (Å²) in [6.07, 6.45) is 3.90. The molecule has 0 radical (unpaired) electrons. The summed E-state index contributed by atoms with van der Waals surface area (Å²) in [5.74, 6) is 2.62. The predicted molar refractivity (Wildman–Crippen MR) is 73.6 cm³/mol. The van der Waals surface area contributed by atoms with Gasteiger partial charge in [-0.05, 0) is 31.8 Å². The Labute approximate surface area is 107 Å². The van der Waals surface area contributed by atoms with E-state index in [-0.39, 0.29) is 12.6 Å². The highest BCUT2D eigenvalue weighted by Crippen LogP contribution is 2.11. The van der Waals surface area contributed by atoms with Gasteiger partial charge < -0.3 is 10.4 Å². The molecule has 0 amide bonds. The van der Waals surface area contributed by atoms with Crippen LogP contribution in [0.25, 0.3) is 0 Å². The highest BCUT2D eigenvalue weighted by Gasteiger charge is 2.08. The molecule has 17 heavy (non-hydrogen) atoms. The Balaban J connectivity index is 2.68. The van der Waals surface area contributed by atoms with Crippen LogP contribution in [-0.4, -0.2) is 39.7 Å². The fourth-order valence-electron chi connectivity index (χ4n) is 1.56. The van der Waals surface area contributed by atoms with Crippen LogP contribution in [0.4, 0.5) is 5.82 Å². The average Bonchev–Trinajstić information content (AvgIpc) is 2.33. The van der Waals surface area contributed by atoms with Gasteiger partial charge in [-0.25, -0.2) is 9.97 Å². The molecule has 1 atom stereocenters. The zero-order chi connectivity index (χ0) is 12.7. The lowest BCUT2D eigenvalue weighted by Gasteiger charge is -2.17. The third kappa shape index (κ3) is 4.91. The summed E-state index contributed by atoms with van der Waals surface area (Å²) < 4.78 is 0. The lowest BCUT2D eigenvalue weighted by Crippen LogP contribution is -2.25. The van der Waals surface area contributed by atoms with Gasteiger partial charge in [0.1, 0.15) is 11.6 Å². The van der Waals surface area contributed by atoms with Gasteiger partial charge in [0.05, 0.1) is 12.6 Å². The van der Waals surface area contributed by atoms with Gasteiger partial charge in [0.25, 0.3) is 0 Å². The minimum atomic E-state index is 0.0708. The van der Waals surface area contributed by atoms with E-state index < -0.39 is 0 Å². The maximum Gasteiger partial charge on any atom is 0.130 e. The first-order chi connectivity index (χ1) is 8.19. The maximum atomic E-state index is 9.29. The van der Waals surface area contributed by atoms with Crippen LogP contribution >= 0.6 is 11.8 Å². The second-order valence-corrected chi connectivity index (χ2v) is 4.94. The lowest BCUT2D eigenvalue weighted by atomic mass is 10.2. The van der Waals surface area contributed by atoms with Gasteiger partial charge in [-0.3, -0.25) is 0 Å². The third-order valence-electron chi connectivity index (χ3n) is 2.50. The van der Waals surface area contributed by atoms with Crippen molar-refractivity contribution in [3.8, 4) is 0 Å². The minimum absolute atomic E-state index is 0.0708. The molecule has 0 saturated heterocycles. The molecule has 1 heterocycles. The number of aliphatic hydroxyl groups excluding tert-OH is 1. The fourth-order valence-corrected chi connectivity index (χ4v) is 2.08. The molecule has 96 valence electrons. The van der Waals surface area contributed by atoms with Crippen molar-refractivity contribution in [1.29, 1.82) is 0 Å². The van der Waals surface area contributed by atoms with Crippen LogP contribution in [0.2, 0.25) is 0 Å². The molecule has 1 aromatic heterocycles. The molecule has 1 aromatic rings. The van der Waals surface area contributed by atoms with Crippen LogP contribution in [0, 0.1) is 6.92 Å². The molecule has 0 aliphatic carbocycles. The summed E-state index contributed by atoms with van der Waals surface area (Å²) in [5.41, 5.74) is 1.03. The molecule has 0 saturated carbocycles. The van der Waals surface area contributed by atoms with Crippen LogP contribution < -0.4 is 5.32 Å². The van der Waals surface area contributed by atoms with Gasteiger partial charge in [0.2, 0.25) is 0 Å². The van der Waals surface area contributed by atoms with E-state index in [0.29, 0.717) is 0 Å². The summed E-state index contributed by atoms with van der Waals surface area (Å²) >= 11 is 1.78. The molecule has 0 spiro atoms. The number of hydrogen-bond acceptors (Lipinski definition) is 5. The zero-order valence-corrected chi connectivity index (χ0v) is 11.5. The molecule has 0 aliphatic heterocycles. The second-order valence-electron chi connectivity index (χ2n) is 3.95. The summed E-state index contributed by atoms with van der Waals surface area (Å²) in [7, 11) is 0. The van der Waals surface area contributed by atoms with E-state index in [9.17, 15) is 5.11 Å². The van der Waals surface area contributed by atoms with Crippen molar-refractivity contribution < 1.29 is 5.11 Å². The number of aromatic nitrogens is 2. The van der Waals surface area contributed by atoms with Crippen molar-refractivity contribution in [2.75, 3.05) is 23.9 Å². The van der Waals surface area contributed by atoms with E-state index in [2.05, 4.69) is 28.5 Å². The number of nitrogens with zero attached hydrogens (tertiary/aromatic N) is 2. The molecular weight excluding hydrogens is 234 g/mol. The first-order valence-corrected chi connectivity index (χ1v) is 7.29. The lowest BCUT2D eigenvalue weighted by molar-refractivity contribution is 0.272. The molecule has 0 aromatic carbocycles. The Kier molecular flexibility index (Phi) is 6.29. The number of nitrogens with one attached hydrogen (secondary N) is 1. The molecule has 2 N–H and O–H groups in total. The molecule has 4 nitrogen and oxygen atoms in total. The number of rotatable bonds is 7. The van der Waals surface area contributed by atoms with Gasteiger partial charge in [-0.1, -0.05) is 6.92 Å². The standard InChI is InChI=1S/C12H21N3OS/c1-4-10-7-12(14-9(2)13-10)15-11(8-16)5-6-17-3/h7,11,16H,4-6,8H2,1-3H3,(H,13,14,15). The topological polar surface area (TPSA) is 58.0 Å². The van der Waals surface area contributed by atoms with Crippen molar-refractivity contribution >= 4 is 17.6 Å². The van der Waals surface area contributed by atoms with Crippen LogP contribution in [0.15, 0.2) is 6.07 Å². The molecule has 1 unspecified atom stereocenters. The molecule has 1 rings (SSSR count). The van der Waals surface area contributed by atoms with Crippen LogP contribution in [-0.2, 0) is 6.42 Å². The molecule has 0 fully saturated rings. The summed E-state index contributed by atoms with van der Waals surface area (Å²) in [6.45, 7) is 4.09. The number of hydrogen-bond donors (Lipinski definition) is 2. The van der Waals surface area contributed by atoms with Gasteiger partial charge in [-0.15, -0.1) is 0 Å². The molecule has 0 bridgehead atoms. The van der Waals surface area contributed by atoms with E-state index in [1.165, 1.54) is 0 Å². The van der Waals surface area contributed by atoms with E-state index in [1.807, 2.05) is 13.0 Å². The first kappa shape index (κ1) is 14.3. The van der Waals surface area contributed by atoms with Crippen molar-refractivity contribution in [3.05, 3.63) is 17.6 Å². The van der Waals surface area contributed by atoms with E-state index >= 15 is 0 Å². The first-order valence-electron chi connectivity index (χ1n) is 5.90. The van der Waals surface area contributed by atoms with Crippen LogP contribution in [0.5, 0.6) is 0 Å². The van der Waals surface area contributed by atoms with Gasteiger partial charge in [0, 0.05) is 11.8 Å². The van der Waals surface area contributed by atoms with Crippen LogP contribution in [0.3, 0.4) is 0 Å². The summed E-state index contributed by atoms with van der Waals surface area (Å²) in [4.78, 5) is 8.67. The van der Waals surface area contributed by atoms with Gasteiger partial charge in [0.15, 0.2) is 0 Å². The highest BCUT2D eigenvalue weighted by molar-refractivity contribution is 7.98. The van der Waals surface area contributed by atoms with Crippen LogP contribution in [0.1, 0.15) is 24.9 Å². The van der Waals surface area contributed by atoms with Gasteiger partial charge in [-0.2, -0.15) is 11.8 Å². The van der Waals surface area contributed by atoms with E-state index in [4.69, 9.17) is 0 Å². The smallest absolute Gasteiger partial charge is 0.130 e. The van der Waals surface area contributed by atoms with Crippen molar-refractivity contribution in [1.82, 2.24) is 9.97 Å². The van der Waals surface area contributed by atoms with Crippen molar-refractivity contribution in [2.45, 2.75) is 32.7 Å². The zero-order valence-electron chi connectivity index (χ0n) is 10.7. The Morgan fingerprint density at radius 1 is 1.47 bits per heavy atom. The number of thioether (sulfide) groups is 1. The highest BCUT2D eigenvalue weighted by atomic mass is 32.2. The number of anilines is 1. The van der Waals surface area contributed by atoms with E-state index in [0.717, 1.165) is 35.9 Å². The number of aryl methyl sites for hydroxylation is 2. The molecule has 5 heteroatoms. The Bertz CT molecular complexity index is 347. The molecule has 0 aliphatic rings. The number of aliphatic hydroxyl groups is 1. The largest absolute Gasteiger partial charge is 0.394 e. The quantitative estimate of drug-likeness (QED) is 0.779.